The number of hydrogen-bond donors (Lipinski definition) is 1. The van der Waals surface area contributed by atoms with Crippen LogP contribution in [-0.4, -0.2) is 50.0 Å². The highest BCUT2D eigenvalue weighted by Gasteiger charge is 2.29. The first-order valence-electron chi connectivity index (χ1n) is 12.4. The van der Waals surface area contributed by atoms with Crippen LogP contribution >= 0.6 is 0 Å². The van der Waals surface area contributed by atoms with Gasteiger partial charge in [0.05, 0.1) is 11.9 Å². The summed E-state index contributed by atoms with van der Waals surface area (Å²) >= 11 is 0. The van der Waals surface area contributed by atoms with Crippen LogP contribution in [0, 0.1) is 12.7 Å². The van der Waals surface area contributed by atoms with Gasteiger partial charge in [-0.2, -0.15) is 0 Å². The van der Waals surface area contributed by atoms with Gasteiger partial charge >= 0.3 is 0 Å². The summed E-state index contributed by atoms with van der Waals surface area (Å²) in [6.45, 7) is 3.84. The Hall–Kier alpha value is -2.94. The van der Waals surface area contributed by atoms with Crippen LogP contribution in [-0.2, 0) is 26.2 Å². The first kappa shape index (κ1) is 27.6. The van der Waals surface area contributed by atoms with Gasteiger partial charge in [-0.3, -0.25) is 13.9 Å². The maximum atomic E-state index is 13.4. The number of amides is 2. The maximum absolute atomic E-state index is 13.4. The molecule has 0 saturated heterocycles. The Balaban J connectivity index is 1.72. The van der Waals surface area contributed by atoms with Gasteiger partial charge in [-0.05, 0) is 62.4 Å². The molecule has 1 aliphatic rings. The maximum Gasteiger partial charge on any atom is 0.242 e. The van der Waals surface area contributed by atoms with Gasteiger partial charge in [0.25, 0.3) is 0 Å². The molecule has 2 aromatic rings. The number of hydrogen-bond acceptors (Lipinski definition) is 4. The molecule has 1 fully saturated rings. The van der Waals surface area contributed by atoms with Crippen molar-refractivity contribution in [3.63, 3.8) is 0 Å². The fourth-order valence-electron chi connectivity index (χ4n) is 4.59. The van der Waals surface area contributed by atoms with Gasteiger partial charge in [0.2, 0.25) is 21.8 Å². The van der Waals surface area contributed by atoms with Crippen molar-refractivity contribution in [3.8, 4) is 0 Å². The molecule has 1 aliphatic carbocycles. The van der Waals surface area contributed by atoms with E-state index >= 15 is 0 Å². The zero-order chi connectivity index (χ0) is 26.3. The lowest BCUT2D eigenvalue weighted by Crippen LogP contribution is -2.49. The number of nitrogens with zero attached hydrogens (tertiary/aromatic N) is 2. The highest BCUT2D eigenvalue weighted by molar-refractivity contribution is 7.92. The zero-order valence-corrected chi connectivity index (χ0v) is 22.1. The van der Waals surface area contributed by atoms with Crippen molar-refractivity contribution in [2.24, 2.45) is 0 Å². The molecule has 0 aromatic heterocycles. The van der Waals surface area contributed by atoms with Crippen LogP contribution in [0.5, 0.6) is 0 Å². The molecule has 0 aliphatic heterocycles. The zero-order valence-electron chi connectivity index (χ0n) is 21.2. The van der Waals surface area contributed by atoms with E-state index in [1.165, 1.54) is 21.3 Å². The summed E-state index contributed by atoms with van der Waals surface area (Å²) in [5, 5.41) is 3.05. The highest BCUT2D eigenvalue weighted by Crippen LogP contribution is 2.23. The lowest BCUT2D eigenvalue weighted by molar-refractivity contribution is -0.141. The van der Waals surface area contributed by atoms with Crippen molar-refractivity contribution in [1.82, 2.24) is 10.2 Å². The summed E-state index contributed by atoms with van der Waals surface area (Å²) in [6.07, 6.45) is 5.54. The third kappa shape index (κ3) is 7.53. The Kier molecular flexibility index (Phi) is 9.48. The Labute approximate surface area is 213 Å². The van der Waals surface area contributed by atoms with Gasteiger partial charge in [0.1, 0.15) is 11.9 Å². The van der Waals surface area contributed by atoms with Gasteiger partial charge in [0.15, 0.2) is 0 Å². The van der Waals surface area contributed by atoms with Crippen molar-refractivity contribution in [2.45, 2.75) is 71.0 Å². The normalized spacial score (nSPS) is 14.9. The van der Waals surface area contributed by atoms with Crippen LogP contribution in [0.15, 0.2) is 48.5 Å². The van der Waals surface area contributed by atoms with E-state index in [1.54, 1.807) is 31.2 Å². The number of benzene rings is 2. The minimum atomic E-state index is -3.55. The van der Waals surface area contributed by atoms with E-state index in [4.69, 9.17) is 0 Å². The second kappa shape index (κ2) is 12.3. The molecule has 2 amide bonds. The predicted molar refractivity (Wildman–Crippen MR) is 139 cm³/mol. The molecule has 0 bridgehead atoms. The van der Waals surface area contributed by atoms with Crippen molar-refractivity contribution in [1.29, 1.82) is 0 Å². The van der Waals surface area contributed by atoms with Gasteiger partial charge in [-0.1, -0.05) is 43.2 Å². The lowest BCUT2D eigenvalue weighted by atomic mass is 10.1. The summed E-state index contributed by atoms with van der Waals surface area (Å²) in [5.74, 6) is -0.845. The topological polar surface area (TPSA) is 86.8 Å². The number of nitrogens with one attached hydrogen (secondary N) is 1. The summed E-state index contributed by atoms with van der Waals surface area (Å²) in [7, 11) is -3.55. The van der Waals surface area contributed by atoms with E-state index in [0.29, 0.717) is 11.3 Å². The van der Waals surface area contributed by atoms with Crippen LogP contribution in [0.3, 0.4) is 0 Å². The third-order valence-electron chi connectivity index (χ3n) is 6.67. The molecule has 0 heterocycles. The number of carbonyl (C=O) groups is 2. The Bertz CT molecular complexity index is 1150. The predicted octanol–water partition coefficient (Wildman–Crippen LogP) is 4.16. The standard InChI is InChI=1S/C27H36FN3O4S/c1-20-9-4-7-12-25(20)31(36(3,34)35)18-8-13-26(32)30(19-22-14-16-23(28)17-15-22)21(2)27(33)29-24-10-5-6-11-24/h4,7,9,12,14-17,21,24H,5-6,8,10-11,13,18-19H2,1-3H3,(H,29,33)/t21-/m1/s1. The molecule has 3 rings (SSSR count). The summed E-state index contributed by atoms with van der Waals surface area (Å²) in [6, 6.07) is 12.5. The average Bonchev–Trinajstić information content (AvgIpc) is 3.34. The Morgan fingerprint density at radius 1 is 1.08 bits per heavy atom. The van der Waals surface area contributed by atoms with Crippen molar-refractivity contribution in [2.75, 3.05) is 17.1 Å². The molecular formula is C27H36FN3O4S. The summed E-state index contributed by atoms with van der Waals surface area (Å²) < 4.78 is 39.7. The summed E-state index contributed by atoms with van der Waals surface area (Å²) in [4.78, 5) is 27.8. The second-order valence-electron chi connectivity index (χ2n) is 9.54. The molecule has 0 spiro atoms. The van der Waals surface area contributed by atoms with Gasteiger partial charge in [0, 0.05) is 25.6 Å². The molecule has 2 aromatic carbocycles. The SMILES string of the molecule is Cc1ccccc1N(CCCC(=O)N(Cc1ccc(F)cc1)[C@H](C)C(=O)NC1CCCC1)S(C)(=O)=O. The number of halogens is 1. The van der Waals surface area contributed by atoms with Crippen LogP contribution in [0.1, 0.15) is 56.6 Å². The van der Waals surface area contributed by atoms with E-state index in [1.807, 2.05) is 19.1 Å². The number of carbonyl (C=O) groups excluding carboxylic acids is 2. The molecule has 0 radical (unpaired) electrons. The number of para-hydroxylation sites is 1. The minimum Gasteiger partial charge on any atom is -0.352 e. The first-order valence-corrected chi connectivity index (χ1v) is 14.3. The molecule has 36 heavy (non-hydrogen) atoms. The Morgan fingerprint density at radius 3 is 2.33 bits per heavy atom. The highest BCUT2D eigenvalue weighted by atomic mass is 32.2. The molecule has 1 saturated carbocycles. The van der Waals surface area contributed by atoms with Crippen molar-refractivity contribution >= 4 is 27.5 Å². The summed E-state index contributed by atoms with van der Waals surface area (Å²) in [5.41, 5.74) is 2.12. The van der Waals surface area contributed by atoms with Crippen LogP contribution in [0.4, 0.5) is 10.1 Å². The van der Waals surface area contributed by atoms with Crippen molar-refractivity contribution in [3.05, 3.63) is 65.5 Å². The molecule has 1 atom stereocenters. The monoisotopic (exact) mass is 517 g/mol. The molecule has 7 nitrogen and oxygen atoms in total. The van der Waals surface area contributed by atoms with Crippen LogP contribution in [0.2, 0.25) is 0 Å². The smallest absolute Gasteiger partial charge is 0.242 e. The van der Waals surface area contributed by atoms with E-state index in [9.17, 15) is 22.4 Å². The van der Waals surface area contributed by atoms with Crippen LogP contribution in [0.25, 0.3) is 0 Å². The average molecular weight is 518 g/mol. The quantitative estimate of drug-likeness (QED) is 0.485. The fourth-order valence-corrected chi connectivity index (χ4v) is 5.61. The number of sulfonamides is 1. The Morgan fingerprint density at radius 2 is 1.72 bits per heavy atom. The minimum absolute atomic E-state index is 0.0696. The van der Waals surface area contributed by atoms with Crippen molar-refractivity contribution < 1.29 is 22.4 Å². The molecule has 0 unspecified atom stereocenters. The molecular weight excluding hydrogens is 481 g/mol. The van der Waals surface area contributed by atoms with Gasteiger partial charge in [-0.25, -0.2) is 12.8 Å². The third-order valence-corrected chi connectivity index (χ3v) is 7.85. The largest absolute Gasteiger partial charge is 0.352 e. The molecule has 1 N–H and O–H groups in total. The number of anilines is 1. The first-order chi connectivity index (χ1) is 17.1. The van der Waals surface area contributed by atoms with Crippen LogP contribution < -0.4 is 9.62 Å². The molecule has 196 valence electrons. The van der Waals surface area contributed by atoms with E-state index in [2.05, 4.69) is 5.32 Å². The fraction of sp³-hybridized carbons (Fsp3) is 0.481. The number of aryl methyl sites for hydroxylation is 1. The number of rotatable bonds is 11. The second-order valence-corrected chi connectivity index (χ2v) is 11.4. The van der Waals surface area contributed by atoms with E-state index in [-0.39, 0.29) is 49.6 Å². The van der Waals surface area contributed by atoms with Gasteiger partial charge in [-0.15, -0.1) is 0 Å². The lowest BCUT2D eigenvalue weighted by Gasteiger charge is -2.30. The van der Waals surface area contributed by atoms with E-state index < -0.39 is 16.1 Å². The van der Waals surface area contributed by atoms with Gasteiger partial charge < -0.3 is 10.2 Å². The van der Waals surface area contributed by atoms with E-state index in [0.717, 1.165) is 37.5 Å². The molecule has 9 heteroatoms.